The van der Waals surface area contributed by atoms with Crippen LogP contribution in [0.1, 0.15) is 0 Å². The van der Waals surface area contributed by atoms with Gasteiger partial charge in [-0.1, -0.05) is 60.7 Å². The van der Waals surface area contributed by atoms with E-state index in [-0.39, 0.29) is 5.75 Å². The van der Waals surface area contributed by atoms with Gasteiger partial charge in [0.15, 0.2) is 0 Å². The number of nitrogens with two attached hydrogens (primary N) is 2. The van der Waals surface area contributed by atoms with Crippen LogP contribution in [0.2, 0.25) is 0 Å². The Hall–Kier alpha value is -2.94. The van der Waals surface area contributed by atoms with E-state index in [0.29, 0.717) is 16.9 Å². The van der Waals surface area contributed by atoms with Crippen molar-refractivity contribution in [3.63, 3.8) is 0 Å². The van der Waals surface area contributed by atoms with Gasteiger partial charge in [-0.25, -0.2) is 0 Å². The van der Waals surface area contributed by atoms with Crippen molar-refractivity contribution in [3.8, 4) is 28.0 Å². The van der Waals surface area contributed by atoms with Gasteiger partial charge >= 0.3 is 0 Å². The number of benzene rings is 3. The summed E-state index contributed by atoms with van der Waals surface area (Å²) in [7, 11) is 0. The highest BCUT2D eigenvalue weighted by Crippen LogP contribution is 2.44. The summed E-state index contributed by atoms with van der Waals surface area (Å²) in [6, 6.07) is 20.9. The van der Waals surface area contributed by atoms with E-state index < -0.39 is 0 Å². The van der Waals surface area contributed by atoms with E-state index in [9.17, 15) is 5.11 Å². The second-order valence-electron chi connectivity index (χ2n) is 4.88. The SMILES string of the molecule is Nc1cc(O)c(-c2ccccc2)c(-c2ccccc2)c1N. The van der Waals surface area contributed by atoms with Gasteiger partial charge in [0, 0.05) is 17.2 Å². The standard InChI is InChI=1S/C18H16N2O/c19-14-11-15(21)16(12-7-3-1-4-8-12)17(18(14)20)13-9-5-2-6-10-13/h1-11,21H,19-20H2. The fourth-order valence-electron chi connectivity index (χ4n) is 2.51. The molecule has 0 aliphatic heterocycles. The molecule has 3 rings (SSSR count). The van der Waals surface area contributed by atoms with Crippen LogP contribution >= 0.6 is 0 Å². The van der Waals surface area contributed by atoms with Crippen LogP contribution in [0.3, 0.4) is 0 Å². The largest absolute Gasteiger partial charge is 0.507 e. The van der Waals surface area contributed by atoms with E-state index in [4.69, 9.17) is 11.5 Å². The first-order valence-electron chi connectivity index (χ1n) is 6.70. The Balaban J connectivity index is 2.37. The smallest absolute Gasteiger partial charge is 0.126 e. The summed E-state index contributed by atoms with van der Waals surface area (Å²) in [4.78, 5) is 0. The van der Waals surface area contributed by atoms with Crippen LogP contribution in [-0.2, 0) is 0 Å². The number of hydrogen-bond acceptors (Lipinski definition) is 3. The van der Waals surface area contributed by atoms with Crippen LogP contribution in [0.4, 0.5) is 11.4 Å². The van der Waals surface area contributed by atoms with E-state index in [2.05, 4.69) is 0 Å². The van der Waals surface area contributed by atoms with Crippen LogP contribution in [0.25, 0.3) is 22.3 Å². The molecule has 104 valence electrons. The maximum atomic E-state index is 10.4. The van der Waals surface area contributed by atoms with E-state index in [0.717, 1.165) is 16.7 Å². The van der Waals surface area contributed by atoms with Crippen molar-refractivity contribution in [3.05, 3.63) is 66.7 Å². The van der Waals surface area contributed by atoms with Crippen molar-refractivity contribution >= 4 is 11.4 Å². The Labute approximate surface area is 123 Å². The van der Waals surface area contributed by atoms with Gasteiger partial charge in [-0.3, -0.25) is 0 Å². The van der Waals surface area contributed by atoms with E-state index in [1.54, 1.807) is 0 Å². The lowest BCUT2D eigenvalue weighted by molar-refractivity contribution is 0.478. The predicted octanol–water partition coefficient (Wildman–Crippen LogP) is 3.89. The van der Waals surface area contributed by atoms with Crippen molar-refractivity contribution in [2.24, 2.45) is 0 Å². The highest BCUT2D eigenvalue weighted by atomic mass is 16.3. The number of rotatable bonds is 2. The van der Waals surface area contributed by atoms with Crippen molar-refractivity contribution in [1.82, 2.24) is 0 Å². The topological polar surface area (TPSA) is 72.3 Å². The summed E-state index contributed by atoms with van der Waals surface area (Å²) in [6.07, 6.45) is 0. The summed E-state index contributed by atoms with van der Waals surface area (Å²) in [5.41, 5.74) is 16.3. The third-order valence-corrected chi connectivity index (χ3v) is 3.50. The summed E-state index contributed by atoms with van der Waals surface area (Å²) in [6.45, 7) is 0. The molecule has 3 aromatic carbocycles. The van der Waals surface area contributed by atoms with Crippen molar-refractivity contribution < 1.29 is 5.11 Å². The summed E-state index contributed by atoms with van der Waals surface area (Å²) >= 11 is 0. The number of nitrogen functional groups attached to an aromatic ring is 2. The van der Waals surface area contributed by atoms with Crippen molar-refractivity contribution in [2.75, 3.05) is 11.5 Å². The molecule has 0 unspecified atom stereocenters. The summed E-state index contributed by atoms with van der Waals surface area (Å²) in [5.74, 6) is 0.131. The molecule has 3 heteroatoms. The van der Waals surface area contributed by atoms with Gasteiger partial charge in [-0.15, -0.1) is 0 Å². The minimum Gasteiger partial charge on any atom is -0.507 e. The molecule has 3 nitrogen and oxygen atoms in total. The van der Waals surface area contributed by atoms with Gasteiger partial charge in [0.05, 0.1) is 11.4 Å². The normalized spacial score (nSPS) is 10.5. The Bertz CT molecular complexity index is 768. The monoisotopic (exact) mass is 276 g/mol. The van der Waals surface area contributed by atoms with Crippen LogP contribution in [-0.4, -0.2) is 5.11 Å². The average molecular weight is 276 g/mol. The summed E-state index contributed by atoms with van der Waals surface area (Å²) in [5, 5.41) is 10.4. The molecule has 0 bridgehead atoms. The molecule has 0 heterocycles. The quantitative estimate of drug-likeness (QED) is 0.491. The zero-order valence-corrected chi connectivity index (χ0v) is 11.5. The Morgan fingerprint density at radius 3 is 1.67 bits per heavy atom. The Morgan fingerprint density at radius 2 is 1.14 bits per heavy atom. The number of aromatic hydroxyl groups is 1. The van der Waals surface area contributed by atoms with E-state index >= 15 is 0 Å². The minimum absolute atomic E-state index is 0.131. The predicted molar refractivity (Wildman–Crippen MR) is 87.8 cm³/mol. The van der Waals surface area contributed by atoms with Crippen LogP contribution in [0, 0.1) is 0 Å². The first-order chi connectivity index (χ1) is 10.2. The second-order valence-corrected chi connectivity index (χ2v) is 4.88. The van der Waals surface area contributed by atoms with Gasteiger partial charge in [0.1, 0.15) is 5.75 Å². The maximum absolute atomic E-state index is 10.4. The third-order valence-electron chi connectivity index (χ3n) is 3.50. The van der Waals surface area contributed by atoms with Gasteiger partial charge < -0.3 is 16.6 Å². The van der Waals surface area contributed by atoms with Gasteiger partial charge in [0.2, 0.25) is 0 Å². The van der Waals surface area contributed by atoms with E-state index in [1.807, 2.05) is 60.7 Å². The zero-order chi connectivity index (χ0) is 14.8. The average Bonchev–Trinajstić information content (AvgIpc) is 2.52. The van der Waals surface area contributed by atoms with Crippen molar-refractivity contribution in [2.45, 2.75) is 0 Å². The second kappa shape index (κ2) is 5.21. The first-order valence-corrected chi connectivity index (χ1v) is 6.70. The molecule has 0 saturated heterocycles. The van der Waals surface area contributed by atoms with Crippen LogP contribution in [0.5, 0.6) is 5.75 Å². The lowest BCUT2D eigenvalue weighted by Crippen LogP contribution is -2.00. The Morgan fingerprint density at radius 1 is 0.667 bits per heavy atom. The van der Waals surface area contributed by atoms with Gasteiger partial charge in [0.25, 0.3) is 0 Å². The van der Waals surface area contributed by atoms with Crippen LogP contribution < -0.4 is 11.5 Å². The number of anilines is 2. The van der Waals surface area contributed by atoms with Gasteiger partial charge in [-0.2, -0.15) is 0 Å². The number of phenols is 1. The highest BCUT2D eigenvalue weighted by Gasteiger charge is 2.17. The third kappa shape index (κ3) is 2.30. The summed E-state index contributed by atoms with van der Waals surface area (Å²) < 4.78 is 0. The fourth-order valence-corrected chi connectivity index (χ4v) is 2.51. The lowest BCUT2D eigenvalue weighted by atomic mass is 9.91. The Kier molecular flexibility index (Phi) is 3.24. The highest BCUT2D eigenvalue weighted by molar-refractivity contribution is 5.98. The molecule has 0 aromatic heterocycles. The molecule has 0 atom stereocenters. The molecule has 0 spiro atoms. The molecule has 0 aliphatic carbocycles. The van der Waals surface area contributed by atoms with Gasteiger partial charge in [-0.05, 0) is 11.1 Å². The molecule has 0 saturated carbocycles. The minimum atomic E-state index is 0.131. The lowest BCUT2D eigenvalue weighted by Gasteiger charge is -2.16. The molecule has 21 heavy (non-hydrogen) atoms. The molecule has 3 aromatic rings. The number of phenolic OH excluding ortho intramolecular Hbond substituents is 1. The van der Waals surface area contributed by atoms with Crippen molar-refractivity contribution in [1.29, 1.82) is 0 Å². The molecule has 0 amide bonds. The zero-order valence-electron chi connectivity index (χ0n) is 11.5. The molecular weight excluding hydrogens is 260 g/mol. The molecule has 0 aliphatic rings. The first kappa shape index (κ1) is 13.1. The molecule has 0 fully saturated rings. The number of hydrogen-bond donors (Lipinski definition) is 3. The molecular formula is C18H16N2O. The fraction of sp³-hybridized carbons (Fsp3) is 0. The molecule has 0 radical (unpaired) electrons. The molecule has 5 N–H and O–H groups in total. The van der Waals surface area contributed by atoms with E-state index in [1.165, 1.54) is 6.07 Å². The maximum Gasteiger partial charge on any atom is 0.126 e. The van der Waals surface area contributed by atoms with Crippen LogP contribution in [0.15, 0.2) is 66.7 Å².